The smallest absolute Gasteiger partial charge is 0.200 e. The maximum absolute atomic E-state index is 2.57. The molecule has 5 rings (SSSR count). The summed E-state index contributed by atoms with van der Waals surface area (Å²) >= 11 is 0. The molecule has 3 aromatic rings. The molecule has 2 heteroatoms. The first-order valence-corrected chi connectivity index (χ1v) is 14.0. The summed E-state index contributed by atoms with van der Waals surface area (Å²) in [5, 5.41) is 4.47. The molecular weight excluding hydrogens is 354 g/mol. The summed E-state index contributed by atoms with van der Waals surface area (Å²) < 4.78 is 2.32. The minimum absolute atomic E-state index is 0.760. The molecule has 1 nitrogen and oxygen atoms in total. The quantitative estimate of drug-likeness (QED) is 0.385. The van der Waals surface area contributed by atoms with Crippen molar-refractivity contribution < 1.29 is 4.57 Å². The maximum atomic E-state index is 2.57. The minimum Gasteiger partial charge on any atom is -0.200 e. The van der Waals surface area contributed by atoms with Crippen molar-refractivity contribution in [3.63, 3.8) is 0 Å². The highest BCUT2D eigenvalue weighted by Crippen LogP contribution is 2.38. The van der Waals surface area contributed by atoms with E-state index in [0.29, 0.717) is 0 Å². The van der Waals surface area contributed by atoms with Crippen molar-refractivity contribution in [1.29, 1.82) is 0 Å². The SMILES string of the molecule is Cc1ccc(C2CCCC2)cc1-c1c2ccc([Si]3(C)CCC3)cc2cc[n+]1C. The first kappa shape index (κ1) is 18.1. The Kier molecular flexibility index (Phi) is 4.43. The maximum Gasteiger partial charge on any atom is 0.220 e. The lowest BCUT2D eigenvalue weighted by molar-refractivity contribution is -0.659. The summed E-state index contributed by atoms with van der Waals surface area (Å²) in [4.78, 5) is 0. The fraction of sp³-hybridized carbons (Fsp3) is 0.423. The van der Waals surface area contributed by atoms with E-state index in [4.69, 9.17) is 0 Å². The summed E-state index contributed by atoms with van der Waals surface area (Å²) in [6.07, 6.45) is 9.19. The van der Waals surface area contributed by atoms with Crippen LogP contribution in [0.1, 0.15) is 49.1 Å². The van der Waals surface area contributed by atoms with E-state index in [9.17, 15) is 0 Å². The van der Waals surface area contributed by atoms with Crippen molar-refractivity contribution in [1.82, 2.24) is 0 Å². The van der Waals surface area contributed by atoms with Crippen LogP contribution < -0.4 is 9.75 Å². The number of benzene rings is 2. The molecule has 1 saturated carbocycles. The molecule has 1 aliphatic carbocycles. The Morgan fingerprint density at radius 1 is 0.929 bits per heavy atom. The van der Waals surface area contributed by atoms with E-state index in [1.807, 2.05) is 0 Å². The molecule has 0 bridgehead atoms. The lowest BCUT2D eigenvalue weighted by Gasteiger charge is -2.36. The molecule has 1 saturated heterocycles. The van der Waals surface area contributed by atoms with Crippen LogP contribution in [0.4, 0.5) is 0 Å². The van der Waals surface area contributed by atoms with Crippen LogP contribution in [0.3, 0.4) is 0 Å². The van der Waals surface area contributed by atoms with E-state index in [-0.39, 0.29) is 0 Å². The van der Waals surface area contributed by atoms with Gasteiger partial charge in [0.05, 0.1) is 13.5 Å². The van der Waals surface area contributed by atoms with Crippen molar-refractivity contribution >= 4 is 24.0 Å². The summed E-state index contributed by atoms with van der Waals surface area (Å²) in [5.74, 6) is 0.760. The van der Waals surface area contributed by atoms with Crippen LogP contribution in [0, 0.1) is 6.92 Å². The molecule has 2 fully saturated rings. The summed E-state index contributed by atoms with van der Waals surface area (Å²) in [7, 11) is 1.06. The molecule has 2 heterocycles. The second-order valence-electron chi connectivity index (χ2n) is 9.55. The zero-order chi connectivity index (χ0) is 19.3. The second-order valence-corrected chi connectivity index (χ2v) is 14.2. The van der Waals surface area contributed by atoms with Crippen LogP contribution in [0.15, 0.2) is 48.7 Å². The van der Waals surface area contributed by atoms with E-state index >= 15 is 0 Å². The van der Waals surface area contributed by atoms with Gasteiger partial charge < -0.3 is 0 Å². The van der Waals surface area contributed by atoms with E-state index < -0.39 is 8.07 Å². The van der Waals surface area contributed by atoms with Crippen molar-refractivity contribution in [3.05, 3.63) is 59.8 Å². The average Bonchev–Trinajstić information content (AvgIpc) is 3.21. The minimum atomic E-state index is -1.14. The monoisotopic (exact) mass is 386 g/mol. The number of hydrogen-bond acceptors (Lipinski definition) is 0. The molecule has 0 amide bonds. The highest BCUT2D eigenvalue weighted by atomic mass is 28.3. The molecule has 2 aliphatic rings. The first-order chi connectivity index (χ1) is 13.5. The number of fused-ring (bicyclic) bond motifs is 1. The Hall–Kier alpha value is -1.93. The Balaban J connectivity index is 1.66. The van der Waals surface area contributed by atoms with Gasteiger partial charge >= 0.3 is 0 Å². The van der Waals surface area contributed by atoms with Gasteiger partial charge in [0.25, 0.3) is 0 Å². The number of aromatic nitrogens is 1. The van der Waals surface area contributed by atoms with Crippen LogP contribution in [0.25, 0.3) is 22.0 Å². The topological polar surface area (TPSA) is 3.88 Å². The Labute approximate surface area is 170 Å². The van der Waals surface area contributed by atoms with Gasteiger partial charge in [-0.05, 0) is 54.3 Å². The first-order valence-electron chi connectivity index (χ1n) is 11.1. The summed E-state index contributed by atoms with van der Waals surface area (Å²) in [6, 6.07) is 19.8. The molecule has 0 spiro atoms. The van der Waals surface area contributed by atoms with Gasteiger partial charge in [0.15, 0.2) is 6.20 Å². The van der Waals surface area contributed by atoms with E-state index in [2.05, 4.69) is 73.7 Å². The van der Waals surface area contributed by atoms with Crippen LogP contribution in [-0.4, -0.2) is 8.07 Å². The molecule has 0 radical (unpaired) electrons. The van der Waals surface area contributed by atoms with Crippen molar-refractivity contribution in [2.24, 2.45) is 7.05 Å². The number of hydrogen-bond donors (Lipinski definition) is 0. The number of pyridine rings is 1. The fourth-order valence-corrected chi connectivity index (χ4v) is 8.47. The predicted molar refractivity (Wildman–Crippen MR) is 122 cm³/mol. The van der Waals surface area contributed by atoms with Gasteiger partial charge in [0.1, 0.15) is 7.05 Å². The van der Waals surface area contributed by atoms with Crippen molar-refractivity contribution in [2.45, 2.75) is 63.6 Å². The molecule has 1 aliphatic heterocycles. The number of rotatable bonds is 3. The van der Waals surface area contributed by atoms with E-state index in [1.165, 1.54) is 71.8 Å². The highest BCUT2D eigenvalue weighted by Gasteiger charge is 2.36. The highest BCUT2D eigenvalue weighted by molar-refractivity contribution is 6.93. The normalized spacial score (nSPS) is 19.1. The van der Waals surface area contributed by atoms with Crippen LogP contribution >= 0.6 is 0 Å². The van der Waals surface area contributed by atoms with Gasteiger partial charge in [-0.25, -0.2) is 4.57 Å². The molecule has 2 aromatic carbocycles. The predicted octanol–water partition coefficient (Wildman–Crippen LogP) is 5.99. The lowest BCUT2D eigenvalue weighted by Crippen LogP contribution is -2.50. The Bertz CT molecular complexity index is 1040. The molecular formula is C26H32NSi+. The average molecular weight is 387 g/mol. The summed E-state index contributed by atoms with van der Waals surface area (Å²) in [6.45, 7) is 4.83. The number of aryl methyl sites for hydroxylation is 2. The van der Waals surface area contributed by atoms with Crippen molar-refractivity contribution in [2.75, 3.05) is 0 Å². The van der Waals surface area contributed by atoms with Crippen LogP contribution in [0.5, 0.6) is 0 Å². The second kappa shape index (κ2) is 6.84. The van der Waals surface area contributed by atoms with Gasteiger partial charge in [0.2, 0.25) is 5.69 Å². The van der Waals surface area contributed by atoms with Gasteiger partial charge in [-0.15, -0.1) is 0 Å². The van der Waals surface area contributed by atoms with Crippen molar-refractivity contribution in [3.8, 4) is 11.3 Å². The third-order valence-electron chi connectivity index (χ3n) is 7.63. The third-order valence-corrected chi connectivity index (χ3v) is 12.3. The molecule has 0 atom stereocenters. The summed E-state index contributed by atoms with van der Waals surface area (Å²) in [5.41, 5.74) is 5.72. The van der Waals surface area contributed by atoms with Gasteiger partial charge in [-0.2, -0.15) is 0 Å². The Morgan fingerprint density at radius 2 is 1.71 bits per heavy atom. The Morgan fingerprint density at radius 3 is 2.43 bits per heavy atom. The fourth-order valence-electron chi connectivity index (χ4n) is 5.49. The van der Waals surface area contributed by atoms with Crippen LogP contribution in [0.2, 0.25) is 18.6 Å². The zero-order valence-corrected chi connectivity index (χ0v) is 18.6. The molecule has 28 heavy (non-hydrogen) atoms. The van der Waals surface area contributed by atoms with Gasteiger partial charge in [-0.3, -0.25) is 0 Å². The largest absolute Gasteiger partial charge is 0.220 e. The molecule has 144 valence electrons. The van der Waals surface area contributed by atoms with Gasteiger partial charge in [0, 0.05) is 11.6 Å². The molecule has 0 unspecified atom stereocenters. The van der Waals surface area contributed by atoms with E-state index in [0.717, 1.165) is 5.92 Å². The third kappa shape index (κ3) is 2.93. The molecule has 1 aromatic heterocycles. The standard InChI is InChI=1S/C26H32NSi/c1-19-9-10-21(20-7-4-5-8-20)18-25(19)26-24-12-11-23(28(3)15-6-16-28)17-22(24)13-14-27(26)2/h9-14,17-18,20H,4-8,15-16H2,1-3H3/q+1. The van der Waals surface area contributed by atoms with Gasteiger partial charge in [-0.1, -0.05) is 67.3 Å². The number of nitrogens with zero attached hydrogens (tertiary/aromatic N) is 1. The lowest BCUT2D eigenvalue weighted by atomic mass is 9.91. The van der Waals surface area contributed by atoms with Crippen LogP contribution in [-0.2, 0) is 7.05 Å². The zero-order valence-electron chi connectivity index (χ0n) is 17.6. The molecule has 0 N–H and O–H groups in total. The van der Waals surface area contributed by atoms with E-state index in [1.54, 1.807) is 10.8 Å².